The Kier molecular flexibility index (Phi) is 11.6. The smallest absolute Gasteiger partial charge is 0.249 e. The molecular formula is C31H48N4O3. The Labute approximate surface area is 229 Å². The Morgan fingerprint density at radius 2 is 1.92 bits per heavy atom. The van der Waals surface area contributed by atoms with Gasteiger partial charge in [-0.3, -0.25) is 9.59 Å². The van der Waals surface area contributed by atoms with E-state index in [-0.39, 0.29) is 12.3 Å². The predicted octanol–water partition coefficient (Wildman–Crippen LogP) is 3.29. The highest BCUT2D eigenvalue weighted by Crippen LogP contribution is 2.43. The highest BCUT2D eigenvalue weighted by atomic mass is 16.3. The number of nitrogens with two attached hydrogens (primary N) is 1. The zero-order valence-corrected chi connectivity index (χ0v) is 23.6. The number of nitrogens with one attached hydrogen (secondary N) is 1. The van der Waals surface area contributed by atoms with Crippen molar-refractivity contribution in [2.75, 3.05) is 39.8 Å². The molecule has 0 spiro atoms. The van der Waals surface area contributed by atoms with Gasteiger partial charge in [-0.25, -0.2) is 0 Å². The lowest BCUT2D eigenvalue weighted by atomic mass is 9.64. The van der Waals surface area contributed by atoms with E-state index in [1.54, 1.807) is 6.08 Å². The first-order chi connectivity index (χ1) is 18.3. The van der Waals surface area contributed by atoms with Gasteiger partial charge in [0.05, 0.1) is 11.5 Å². The van der Waals surface area contributed by atoms with Crippen LogP contribution in [0.15, 0.2) is 54.1 Å². The molecule has 2 amide bonds. The largest absolute Gasteiger partial charge is 0.391 e. The van der Waals surface area contributed by atoms with Gasteiger partial charge in [-0.1, -0.05) is 62.4 Å². The molecule has 38 heavy (non-hydrogen) atoms. The van der Waals surface area contributed by atoms with E-state index >= 15 is 0 Å². The molecule has 7 heteroatoms. The Morgan fingerprint density at radius 3 is 2.53 bits per heavy atom. The van der Waals surface area contributed by atoms with Gasteiger partial charge in [0.25, 0.3) is 0 Å². The van der Waals surface area contributed by atoms with Crippen molar-refractivity contribution in [3.05, 3.63) is 59.7 Å². The normalized spacial score (nSPS) is 23.2. The van der Waals surface area contributed by atoms with Gasteiger partial charge in [0.2, 0.25) is 11.8 Å². The summed E-state index contributed by atoms with van der Waals surface area (Å²) in [6.07, 6.45) is 10.5. The molecule has 4 atom stereocenters. The third-order valence-electron chi connectivity index (χ3n) is 8.29. The van der Waals surface area contributed by atoms with Crippen molar-refractivity contribution in [1.82, 2.24) is 15.1 Å². The van der Waals surface area contributed by atoms with Crippen LogP contribution >= 0.6 is 0 Å². The number of amides is 2. The second kappa shape index (κ2) is 14.6. The summed E-state index contributed by atoms with van der Waals surface area (Å²) >= 11 is 0. The molecule has 2 unspecified atom stereocenters. The molecule has 7 nitrogen and oxygen atoms in total. The standard InChI is InChI=1S/C31H48N4O3/c1-4-18-35(19-5-2)29(37)25-13-9-16-31(22-25,30(32)38)27(21-24-11-7-6-8-12-24)28(36)23-33-17-15-26-14-10-20-34(26)3/h6-9,11-13,16,26-28,33,36H,4-5,10,14-15,17-23H2,1-3H3,(H2,32,38)/t26?,27-,28+,31?/m1/s1. The van der Waals surface area contributed by atoms with Crippen molar-refractivity contribution >= 4 is 11.8 Å². The Balaban J connectivity index is 1.81. The van der Waals surface area contributed by atoms with Crippen molar-refractivity contribution in [2.24, 2.45) is 17.1 Å². The molecule has 0 bridgehead atoms. The monoisotopic (exact) mass is 524 g/mol. The topological polar surface area (TPSA) is 98.9 Å². The van der Waals surface area contributed by atoms with Crippen LogP contribution in [0.4, 0.5) is 0 Å². The Bertz CT molecular complexity index is 957. The number of primary amides is 1. The number of hydrogen-bond acceptors (Lipinski definition) is 5. The van der Waals surface area contributed by atoms with Crippen LogP contribution in [0.1, 0.15) is 57.9 Å². The van der Waals surface area contributed by atoms with Crippen molar-refractivity contribution < 1.29 is 14.7 Å². The van der Waals surface area contributed by atoms with Crippen molar-refractivity contribution in [3.8, 4) is 0 Å². The first-order valence-corrected chi connectivity index (χ1v) is 14.4. The van der Waals surface area contributed by atoms with E-state index < -0.39 is 23.3 Å². The number of allylic oxidation sites excluding steroid dienone is 2. The molecule has 1 aromatic carbocycles. The number of rotatable bonds is 15. The third kappa shape index (κ3) is 7.55. The molecule has 210 valence electrons. The van der Waals surface area contributed by atoms with E-state index in [1.165, 1.54) is 12.8 Å². The molecule has 1 saturated heterocycles. The lowest BCUT2D eigenvalue weighted by Crippen LogP contribution is -2.51. The number of aliphatic hydroxyl groups excluding tert-OH is 1. The van der Waals surface area contributed by atoms with Gasteiger partial charge in [0.15, 0.2) is 0 Å². The molecule has 1 fully saturated rings. The molecule has 0 aromatic heterocycles. The minimum absolute atomic E-state index is 0.0459. The zero-order valence-electron chi connectivity index (χ0n) is 23.6. The molecule has 3 rings (SSSR count). The van der Waals surface area contributed by atoms with Crippen molar-refractivity contribution in [3.63, 3.8) is 0 Å². The first kappa shape index (κ1) is 30.1. The number of benzene rings is 1. The first-order valence-electron chi connectivity index (χ1n) is 14.4. The number of carbonyl (C=O) groups is 2. The van der Waals surface area contributed by atoms with Crippen LogP contribution in [0, 0.1) is 11.3 Å². The molecule has 1 aliphatic carbocycles. The van der Waals surface area contributed by atoms with Crippen LogP contribution in [0.2, 0.25) is 0 Å². The summed E-state index contributed by atoms with van der Waals surface area (Å²) in [6, 6.07) is 10.5. The summed E-state index contributed by atoms with van der Waals surface area (Å²) in [7, 11) is 2.17. The van der Waals surface area contributed by atoms with Gasteiger partial charge in [-0.15, -0.1) is 0 Å². The van der Waals surface area contributed by atoms with E-state index in [0.29, 0.717) is 37.7 Å². The quantitative estimate of drug-likeness (QED) is 0.306. The van der Waals surface area contributed by atoms with Crippen LogP contribution in [-0.4, -0.2) is 78.6 Å². The van der Waals surface area contributed by atoms with E-state index in [1.807, 2.05) is 47.4 Å². The molecule has 4 N–H and O–H groups in total. The highest BCUT2D eigenvalue weighted by Gasteiger charge is 2.47. The van der Waals surface area contributed by atoms with Crippen LogP contribution in [0.5, 0.6) is 0 Å². The summed E-state index contributed by atoms with van der Waals surface area (Å²) < 4.78 is 0. The van der Waals surface area contributed by atoms with E-state index in [4.69, 9.17) is 5.73 Å². The summed E-state index contributed by atoms with van der Waals surface area (Å²) in [6.45, 7) is 7.77. The van der Waals surface area contributed by atoms with Crippen LogP contribution in [-0.2, 0) is 16.0 Å². The van der Waals surface area contributed by atoms with Crippen molar-refractivity contribution in [2.45, 2.75) is 70.9 Å². The predicted molar refractivity (Wildman–Crippen MR) is 153 cm³/mol. The summed E-state index contributed by atoms with van der Waals surface area (Å²) in [5.74, 6) is -1.03. The molecule has 1 heterocycles. The van der Waals surface area contributed by atoms with Crippen LogP contribution < -0.4 is 11.1 Å². The van der Waals surface area contributed by atoms with Gasteiger partial charge in [-0.05, 0) is 70.6 Å². The van der Waals surface area contributed by atoms with Crippen LogP contribution in [0.3, 0.4) is 0 Å². The van der Waals surface area contributed by atoms with Crippen LogP contribution in [0.25, 0.3) is 0 Å². The molecule has 2 aliphatic rings. The zero-order chi connectivity index (χ0) is 27.5. The highest BCUT2D eigenvalue weighted by molar-refractivity contribution is 5.96. The minimum Gasteiger partial charge on any atom is -0.391 e. The number of nitrogens with zero attached hydrogens (tertiary/aromatic N) is 2. The Hall–Kier alpha value is -2.48. The fourth-order valence-corrected chi connectivity index (χ4v) is 6.11. The third-order valence-corrected chi connectivity index (χ3v) is 8.29. The van der Waals surface area contributed by atoms with E-state index in [2.05, 4.69) is 31.1 Å². The molecule has 0 saturated carbocycles. The van der Waals surface area contributed by atoms with Gasteiger partial charge >= 0.3 is 0 Å². The second-order valence-electron chi connectivity index (χ2n) is 11.1. The summed E-state index contributed by atoms with van der Waals surface area (Å²) in [5.41, 5.74) is 6.57. The maximum atomic E-state index is 13.5. The maximum absolute atomic E-state index is 13.5. The number of aliphatic hydroxyl groups is 1. The van der Waals surface area contributed by atoms with Gasteiger partial charge < -0.3 is 26.0 Å². The van der Waals surface area contributed by atoms with Gasteiger partial charge in [0, 0.05) is 37.2 Å². The number of hydrogen-bond donors (Lipinski definition) is 3. The Morgan fingerprint density at radius 1 is 1.21 bits per heavy atom. The SMILES string of the molecule is CCCN(CCC)C(=O)C1=CC=CC(C(N)=O)([C@H](Cc2ccccc2)[C@@H](O)CNCCC2CCCN2C)C1. The molecule has 0 radical (unpaired) electrons. The molecule has 1 aliphatic heterocycles. The average molecular weight is 525 g/mol. The minimum atomic E-state index is -1.16. The number of carbonyl (C=O) groups excluding carboxylic acids is 2. The average Bonchev–Trinajstić information content (AvgIpc) is 3.33. The van der Waals surface area contributed by atoms with Crippen molar-refractivity contribution in [1.29, 1.82) is 0 Å². The molecular weight excluding hydrogens is 476 g/mol. The van der Waals surface area contributed by atoms with Gasteiger partial charge in [-0.2, -0.15) is 0 Å². The number of likely N-dealkylation sites (tertiary alicyclic amines) is 1. The second-order valence-corrected chi connectivity index (χ2v) is 11.1. The lowest BCUT2D eigenvalue weighted by Gasteiger charge is -2.41. The van der Waals surface area contributed by atoms with E-state index in [0.717, 1.165) is 37.9 Å². The molecule has 1 aromatic rings. The fourth-order valence-electron chi connectivity index (χ4n) is 6.11. The van der Waals surface area contributed by atoms with Gasteiger partial charge in [0.1, 0.15) is 0 Å². The summed E-state index contributed by atoms with van der Waals surface area (Å²) in [5, 5.41) is 15.0. The summed E-state index contributed by atoms with van der Waals surface area (Å²) in [4.78, 5) is 31.0. The maximum Gasteiger partial charge on any atom is 0.249 e. The fraction of sp³-hybridized carbons (Fsp3) is 0.613. The van der Waals surface area contributed by atoms with E-state index in [9.17, 15) is 14.7 Å². The lowest BCUT2D eigenvalue weighted by molar-refractivity contribution is -0.132.